The van der Waals surface area contributed by atoms with Crippen molar-refractivity contribution in [3.63, 3.8) is 0 Å². The Morgan fingerprint density at radius 2 is 2.12 bits per heavy atom. The number of carboxylic acid groups (broad SMARTS) is 1. The van der Waals surface area contributed by atoms with Crippen LogP contribution in [0.3, 0.4) is 0 Å². The van der Waals surface area contributed by atoms with Gasteiger partial charge in [0.15, 0.2) is 5.88 Å². The van der Waals surface area contributed by atoms with Crippen LogP contribution < -0.4 is 5.32 Å². The summed E-state index contributed by atoms with van der Waals surface area (Å²) in [5.41, 5.74) is 0.492. The Hall–Kier alpha value is -2.30. The smallest absolute Gasteiger partial charge is 0.371 e. The van der Waals surface area contributed by atoms with Crippen molar-refractivity contribution in [1.82, 2.24) is 0 Å². The molecule has 0 saturated heterocycles. The van der Waals surface area contributed by atoms with Crippen molar-refractivity contribution in [3.05, 3.63) is 48.0 Å². The van der Waals surface area contributed by atoms with Crippen LogP contribution in [0, 0.1) is 5.82 Å². The molecule has 0 saturated carbocycles. The van der Waals surface area contributed by atoms with E-state index in [1.54, 1.807) is 12.1 Å². The maximum atomic E-state index is 12.8. The second kappa shape index (κ2) is 4.06. The van der Waals surface area contributed by atoms with Crippen LogP contribution in [0.2, 0.25) is 0 Å². The maximum absolute atomic E-state index is 12.8. The van der Waals surface area contributed by atoms with Gasteiger partial charge in [0, 0.05) is 11.8 Å². The van der Waals surface area contributed by atoms with E-state index in [4.69, 9.17) is 9.52 Å². The van der Waals surface area contributed by atoms with Gasteiger partial charge in [-0.1, -0.05) is 6.07 Å². The van der Waals surface area contributed by atoms with Crippen molar-refractivity contribution in [2.75, 3.05) is 5.32 Å². The average molecular weight is 221 g/mol. The molecule has 1 aromatic heterocycles. The molecule has 0 atom stereocenters. The van der Waals surface area contributed by atoms with E-state index in [-0.39, 0.29) is 17.5 Å². The number of hydrogen-bond donors (Lipinski definition) is 2. The number of furan rings is 1. The lowest BCUT2D eigenvalue weighted by molar-refractivity contribution is 0.0663. The molecule has 1 aromatic carbocycles. The second-order valence-corrected chi connectivity index (χ2v) is 3.10. The van der Waals surface area contributed by atoms with Gasteiger partial charge in [0.2, 0.25) is 5.76 Å². The molecule has 0 aliphatic carbocycles. The van der Waals surface area contributed by atoms with Crippen LogP contribution in [0.5, 0.6) is 0 Å². The third-order valence-electron chi connectivity index (χ3n) is 1.91. The topological polar surface area (TPSA) is 62.5 Å². The summed E-state index contributed by atoms with van der Waals surface area (Å²) in [5.74, 6) is -1.44. The lowest BCUT2D eigenvalue weighted by atomic mass is 10.3. The zero-order valence-electron chi connectivity index (χ0n) is 8.11. The van der Waals surface area contributed by atoms with E-state index in [0.29, 0.717) is 5.69 Å². The van der Waals surface area contributed by atoms with E-state index in [0.717, 1.165) is 0 Å². The SMILES string of the molecule is O=C(O)c1ccc(Nc2cccc(F)c2)o1. The Labute approximate surface area is 90.3 Å². The summed E-state index contributed by atoms with van der Waals surface area (Å²) in [6.07, 6.45) is 0. The quantitative estimate of drug-likeness (QED) is 0.836. The minimum absolute atomic E-state index is 0.168. The van der Waals surface area contributed by atoms with Gasteiger partial charge in [0.05, 0.1) is 0 Å². The number of hydrogen-bond acceptors (Lipinski definition) is 3. The fraction of sp³-hybridized carbons (Fsp3) is 0. The fourth-order valence-electron chi connectivity index (χ4n) is 1.23. The number of aromatic carboxylic acids is 1. The normalized spacial score (nSPS) is 10.1. The van der Waals surface area contributed by atoms with Gasteiger partial charge in [-0.2, -0.15) is 0 Å². The molecule has 0 unspecified atom stereocenters. The van der Waals surface area contributed by atoms with Crippen molar-refractivity contribution < 1.29 is 18.7 Å². The zero-order valence-corrected chi connectivity index (χ0v) is 8.11. The van der Waals surface area contributed by atoms with Gasteiger partial charge in [0.25, 0.3) is 0 Å². The van der Waals surface area contributed by atoms with E-state index in [2.05, 4.69) is 5.32 Å². The summed E-state index contributed by atoms with van der Waals surface area (Å²) < 4.78 is 17.8. The van der Waals surface area contributed by atoms with Crippen molar-refractivity contribution in [2.24, 2.45) is 0 Å². The molecule has 2 N–H and O–H groups in total. The highest BCUT2D eigenvalue weighted by Crippen LogP contribution is 2.19. The van der Waals surface area contributed by atoms with Crippen LogP contribution >= 0.6 is 0 Å². The Morgan fingerprint density at radius 3 is 2.75 bits per heavy atom. The highest BCUT2D eigenvalue weighted by Gasteiger charge is 2.08. The molecule has 0 radical (unpaired) electrons. The Bertz CT molecular complexity index is 521. The van der Waals surface area contributed by atoms with Gasteiger partial charge in [0.1, 0.15) is 5.82 Å². The number of benzene rings is 1. The molecule has 0 aliphatic heterocycles. The molecule has 16 heavy (non-hydrogen) atoms. The summed E-state index contributed by atoms with van der Waals surface area (Å²) in [6.45, 7) is 0. The third kappa shape index (κ3) is 2.20. The number of anilines is 2. The molecule has 4 nitrogen and oxygen atoms in total. The minimum atomic E-state index is -1.15. The predicted octanol–water partition coefficient (Wildman–Crippen LogP) is 2.86. The first-order chi connectivity index (χ1) is 7.65. The van der Waals surface area contributed by atoms with Gasteiger partial charge >= 0.3 is 5.97 Å². The number of nitrogens with one attached hydrogen (secondary N) is 1. The molecule has 0 fully saturated rings. The zero-order chi connectivity index (χ0) is 11.5. The lowest BCUT2D eigenvalue weighted by Gasteiger charge is -2.01. The lowest BCUT2D eigenvalue weighted by Crippen LogP contribution is -1.92. The molecule has 0 amide bonds. The van der Waals surface area contributed by atoms with Gasteiger partial charge < -0.3 is 14.8 Å². The molecule has 82 valence electrons. The van der Waals surface area contributed by atoms with Crippen molar-refractivity contribution in [3.8, 4) is 0 Å². The second-order valence-electron chi connectivity index (χ2n) is 3.10. The van der Waals surface area contributed by atoms with E-state index < -0.39 is 5.97 Å². The summed E-state index contributed by atoms with van der Waals surface area (Å²) >= 11 is 0. The molecule has 0 spiro atoms. The van der Waals surface area contributed by atoms with Crippen LogP contribution in [0.15, 0.2) is 40.8 Å². The molecular weight excluding hydrogens is 213 g/mol. The number of halogens is 1. The van der Waals surface area contributed by atoms with Gasteiger partial charge in [-0.3, -0.25) is 0 Å². The van der Waals surface area contributed by atoms with Crippen molar-refractivity contribution in [2.45, 2.75) is 0 Å². The summed E-state index contributed by atoms with van der Waals surface area (Å²) in [4.78, 5) is 10.5. The Morgan fingerprint density at radius 1 is 1.31 bits per heavy atom. The van der Waals surface area contributed by atoms with E-state index >= 15 is 0 Å². The van der Waals surface area contributed by atoms with Crippen molar-refractivity contribution in [1.29, 1.82) is 0 Å². The molecule has 0 bridgehead atoms. The average Bonchev–Trinajstić information content (AvgIpc) is 2.66. The van der Waals surface area contributed by atoms with Gasteiger partial charge in [-0.15, -0.1) is 0 Å². The largest absolute Gasteiger partial charge is 0.475 e. The van der Waals surface area contributed by atoms with Crippen LogP contribution in [-0.4, -0.2) is 11.1 Å². The standard InChI is InChI=1S/C11H8FNO3/c12-7-2-1-3-8(6-7)13-10-5-4-9(16-10)11(14)15/h1-6,13H,(H,14,15). The first kappa shape index (κ1) is 10.2. The highest BCUT2D eigenvalue weighted by molar-refractivity contribution is 5.85. The Balaban J connectivity index is 2.17. The molecule has 2 aromatic rings. The molecule has 0 aliphatic rings. The monoisotopic (exact) mass is 221 g/mol. The molecule has 1 heterocycles. The fourth-order valence-corrected chi connectivity index (χ4v) is 1.23. The van der Waals surface area contributed by atoms with Gasteiger partial charge in [-0.05, 0) is 24.3 Å². The summed E-state index contributed by atoms with van der Waals surface area (Å²) in [6, 6.07) is 8.57. The first-order valence-electron chi connectivity index (χ1n) is 4.51. The van der Waals surface area contributed by atoms with Crippen LogP contribution in [-0.2, 0) is 0 Å². The summed E-state index contributed by atoms with van der Waals surface area (Å²) in [7, 11) is 0. The van der Waals surface area contributed by atoms with Crippen LogP contribution in [0.1, 0.15) is 10.6 Å². The maximum Gasteiger partial charge on any atom is 0.371 e. The molecular formula is C11H8FNO3. The van der Waals surface area contributed by atoms with Crippen LogP contribution in [0.4, 0.5) is 16.0 Å². The molecule has 5 heteroatoms. The van der Waals surface area contributed by atoms with Gasteiger partial charge in [-0.25, -0.2) is 9.18 Å². The van der Waals surface area contributed by atoms with Crippen LogP contribution in [0.25, 0.3) is 0 Å². The molecule has 2 rings (SSSR count). The summed E-state index contributed by atoms with van der Waals surface area (Å²) in [5, 5.41) is 11.4. The number of carboxylic acids is 1. The third-order valence-corrected chi connectivity index (χ3v) is 1.91. The van der Waals surface area contributed by atoms with E-state index in [1.165, 1.54) is 24.3 Å². The first-order valence-corrected chi connectivity index (χ1v) is 4.51. The number of rotatable bonds is 3. The Kier molecular flexibility index (Phi) is 2.59. The van der Waals surface area contributed by atoms with E-state index in [1.807, 2.05) is 0 Å². The van der Waals surface area contributed by atoms with Crippen molar-refractivity contribution >= 4 is 17.5 Å². The predicted molar refractivity (Wildman–Crippen MR) is 55.4 cm³/mol. The number of carbonyl (C=O) groups is 1. The highest BCUT2D eigenvalue weighted by atomic mass is 19.1. The van der Waals surface area contributed by atoms with E-state index in [9.17, 15) is 9.18 Å². The minimum Gasteiger partial charge on any atom is -0.475 e.